The van der Waals surface area contributed by atoms with Crippen molar-refractivity contribution in [2.24, 2.45) is 0 Å². The molecule has 0 fully saturated rings. The monoisotopic (exact) mass is 1380 g/mol. The number of rotatable bonds is 48. The Hall–Kier alpha value is 0.628. The first-order chi connectivity index (χ1) is 38.9. The first-order valence-electron chi connectivity index (χ1n) is 32.4. The first-order valence-corrected chi connectivity index (χ1v) is 43.4. The zero-order valence-electron chi connectivity index (χ0n) is 52.0. The van der Waals surface area contributed by atoms with E-state index in [1.165, 1.54) is 245 Å². The summed E-state index contributed by atoms with van der Waals surface area (Å²) in [6.07, 6.45) is 51.8. The van der Waals surface area contributed by atoms with E-state index in [0.717, 1.165) is 57.8 Å². The zero-order chi connectivity index (χ0) is 59.9. The second-order valence-corrected chi connectivity index (χ2v) is 36.4. The molecule has 0 aromatic heterocycles. The molecule has 0 aliphatic rings. The van der Waals surface area contributed by atoms with Gasteiger partial charge in [-0.15, -0.1) is 0 Å². The van der Waals surface area contributed by atoms with Crippen LogP contribution in [0.1, 0.15) is 306 Å². The van der Waals surface area contributed by atoms with Crippen LogP contribution in [0.25, 0.3) is 0 Å². The molecule has 0 aliphatic heterocycles. The number of unbranched alkanes of at least 4 members (excludes halogenated alkanes) is 30. The average Bonchev–Trinajstić information content (AvgIpc) is 3.43. The van der Waals surface area contributed by atoms with Crippen molar-refractivity contribution in [2.75, 3.05) is 0 Å². The van der Waals surface area contributed by atoms with E-state index in [-0.39, 0.29) is 21.1 Å². The molecule has 3 atom stereocenters. The van der Waals surface area contributed by atoms with Gasteiger partial charge in [0.05, 0.1) is 0 Å². The number of hydrogen-bond donors (Lipinski definition) is 0. The minimum atomic E-state index is -3.37. The molecule has 0 bridgehead atoms. The molecule has 0 saturated carbocycles. The molecule has 0 saturated heterocycles. The van der Waals surface area contributed by atoms with E-state index in [0.29, 0.717) is 17.2 Å². The van der Waals surface area contributed by atoms with E-state index < -0.39 is 17.1 Å². The zero-order valence-corrected chi connectivity index (χ0v) is 61.6. The van der Waals surface area contributed by atoms with Gasteiger partial charge in [0, 0.05) is 21.1 Å². The van der Waals surface area contributed by atoms with Crippen molar-refractivity contribution in [1.29, 1.82) is 0 Å². The molecular weight excluding hydrogens is 1270 g/mol. The van der Waals surface area contributed by atoms with Crippen molar-refractivity contribution in [1.82, 2.24) is 0 Å². The summed E-state index contributed by atoms with van der Waals surface area (Å²) in [7, 11) is 0. The molecule has 0 aliphatic carbocycles. The molecule has 0 heterocycles. The Kier molecular flexibility index (Phi) is 53.9. The molecule has 3 unspecified atom stereocenters. The Morgan fingerprint density at radius 3 is 0.646 bits per heavy atom. The van der Waals surface area contributed by atoms with Gasteiger partial charge in [-0.1, -0.05) is 323 Å². The van der Waals surface area contributed by atoms with Crippen molar-refractivity contribution in [3.05, 3.63) is 88.0 Å². The molecule has 82 heavy (non-hydrogen) atoms. The Morgan fingerprint density at radius 2 is 0.463 bits per heavy atom. The minimum absolute atomic E-state index is 0. The predicted molar refractivity (Wildman–Crippen MR) is 369 cm³/mol. The van der Waals surface area contributed by atoms with Gasteiger partial charge in [-0.2, -0.15) is 0 Å². The summed E-state index contributed by atoms with van der Waals surface area (Å²) in [6.45, 7) is 13.5. The third kappa shape index (κ3) is 45.8. The van der Waals surface area contributed by atoms with Gasteiger partial charge in [0.25, 0.3) is 0 Å². The van der Waals surface area contributed by atoms with Crippen LogP contribution in [-0.4, -0.2) is 0 Å². The Balaban J connectivity index is 0.00000119. The van der Waals surface area contributed by atoms with Crippen LogP contribution in [0.15, 0.2) is 54.6 Å². The van der Waals surface area contributed by atoms with Crippen LogP contribution in [0.3, 0.4) is 0 Å². The SMILES string of the molecule is CCCCCCCCc1cccc(OP([O-])(=S)[S-])c1CCCCCCCC.CCCCCCCCc1cccc(OP([O-])(=S)[S-])c1CCCCCCCC.CCCCCCCCc1cccc(OP([O-])(=S)[S-])c1CCCCCCCC.[Mo]. The molecule has 474 valence electrons. The van der Waals surface area contributed by atoms with E-state index in [1.807, 2.05) is 36.4 Å². The molecule has 0 radical (unpaired) electrons. The summed E-state index contributed by atoms with van der Waals surface area (Å²) < 4.78 is 16.5. The molecule has 3 aromatic rings. The Bertz CT molecular complexity index is 1920. The van der Waals surface area contributed by atoms with Gasteiger partial charge in [0.2, 0.25) is 0 Å². The summed E-state index contributed by atoms with van der Waals surface area (Å²) >= 11 is 29.1. The van der Waals surface area contributed by atoms with Gasteiger partial charge < -0.3 is 65.0 Å². The third-order valence-electron chi connectivity index (χ3n) is 15.1. The van der Waals surface area contributed by atoms with Crippen molar-refractivity contribution >= 4 is 89.2 Å². The van der Waals surface area contributed by atoms with Crippen molar-refractivity contribution < 1.29 is 49.3 Å². The topological polar surface area (TPSA) is 96.9 Å². The molecule has 0 amide bonds. The van der Waals surface area contributed by atoms with Crippen LogP contribution < -0.4 is 28.3 Å². The normalized spacial score (nSPS) is 13.3. The number of aryl methyl sites for hydroxylation is 3. The third-order valence-corrected chi connectivity index (χ3v) is 17.7. The standard InChI is InChI=1S/3C22H39O2PS2.Mo/c3*1-3-5-7-9-11-13-16-20-17-15-19-22(24-25(23,26)27)21(20)18-14-12-10-8-6-4-2;/h3*15,17,19H,3-14,16,18H2,1-2H3,(H2,23,26,27);/p-6. The quantitative estimate of drug-likeness (QED) is 0.0233. The van der Waals surface area contributed by atoms with Gasteiger partial charge in [-0.3, -0.25) is 0 Å². The molecule has 3 rings (SSSR count). The predicted octanol–water partition coefficient (Wildman–Crippen LogP) is 21.0. The van der Waals surface area contributed by atoms with E-state index in [1.54, 1.807) is 0 Å². The van der Waals surface area contributed by atoms with Gasteiger partial charge >= 0.3 is 0 Å². The maximum absolute atomic E-state index is 11.9. The maximum atomic E-state index is 11.9. The summed E-state index contributed by atoms with van der Waals surface area (Å²) in [5, 5.41) is 0. The molecule has 0 N–H and O–H groups in total. The van der Waals surface area contributed by atoms with Crippen LogP contribution in [-0.2, 0) is 132 Å². The second kappa shape index (κ2) is 53.5. The minimum Gasteiger partial charge on any atom is -0.809 e. The van der Waals surface area contributed by atoms with Gasteiger partial charge in [-0.25, -0.2) is 0 Å². The van der Waals surface area contributed by atoms with Gasteiger partial charge in [0.15, 0.2) is 0 Å². The van der Waals surface area contributed by atoms with Gasteiger partial charge in [0.1, 0.15) is 17.2 Å². The largest absolute Gasteiger partial charge is 0.809 e. The van der Waals surface area contributed by atoms with Crippen LogP contribution in [0.4, 0.5) is 0 Å². The second-order valence-electron chi connectivity index (χ2n) is 22.4. The fourth-order valence-corrected chi connectivity index (χ4v) is 13.2. The molecular formula is C66H111MoO6P3S6-6. The van der Waals surface area contributed by atoms with Crippen LogP contribution in [0.2, 0.25) is 0 Å². The smallest absolute Gasteiger partial charge is 0.123 e. The van der Waals surface area contributed by atoms with Crippen LogP contribution in [0, 0.1) is 0 Å². The molecule has 6 nitrogen and oxygen atoms in total. The fraction of sp³-hybridized carbons (Fsp3) is 0.727. The molecule has 16 heteroatoms. The molecule has 0 spiro atoms. The Labute approximate surface area is 550 Å². The van der Waals surface area contributed by atoms with E-state index >= 15 is 0 Å². The van der Waals surface area contributed by atoms with Gasteiger partial charge in [-0.05, 0) is 129 Å². The number of benzene rings is 3. The summed E-state index contributed by atoms with van der Waals surface area (Å²) in [6, 6.07) is 18.1. The van der Waals surface area contributed by atoms with E-state index in [9.17, 15) is 14.7 Å². The van der Waals surface area contributed by atoms with E-state index in [4.69, 9.17) is 85.7 Å². The van der Waals surface area contributed by atoms with Crippen LogP contribution in [0.5, 0.6) is 17.2 Å². The Morgan fingerprint density at radius 1 is 0.293 bits per heavy atom. The first kappa shape index (κ1) is 82.6. The molecule has 3 aromatic carbocycles. The van der Waals surface area contributed by atoms with E-state index in [2.05, 4.69) is 59.7 Å². The van der Waals surface area contributed by atoms with Crippen molar-refractivity contribution in [2.45, 2.75) is 311 Å². The van der Waals surface area contributed by atoms with Crippen LogP contribution >= 0.6 is 17.1 Å². The summed E-state index contributed by atoms with van der Waals surface area (Å²) in [5.41, 5.74) is -2.62. The maximum Gasteiger partial charge on any atom is 0.123 e. The number of hydrogen-bond acceptors (Lipinski definition) is 12. The average molecular weight is 1380 g/mol. The summed E-state index contributed by atoms with van der Waals surface area (Å²) in [5.74, 6) is 1.96. The van der Waals surface area contributed by atoms with Crippen molar-refractivity contribution in [3.63, 3.8) is 0 Å². The summed E-state index contributed by atoms with van der Waals surface area (Å²) in [4.78, 5) is 35.6. The van der Waals surface area contributed by atoms with Crippen molar-refractivity contribution in [3.8, 4) is 17.2 Å². The fourth-order valence-electron chi connectivity index (χ4n) is 10.5.